The van der Waals surface area contributed by atoms with Crippen LogP contribution >= 0.6 is 0 Å². The topological polar surface area (TPSA) is 43.6 Å². The van der Waals surface area contributed by atoms with Gasteiger partial charge in [0.2, 0.25) is 0 Å². The van der Waals surface area contributed by atoms with Gasteiger partial charge in [-0.05, 0) is 18.2 Å². The van der Waals surface area contributed by atoms with Gasteiger partial charge in [-0.2, -0.15) is 18.3 Å². The van der Waals surface area contributed by atoms with Crippen LogP contribution in [0.3, 0.4) is 0 Å². The summed E-state index contributed by atoms with van der Waals surface area (Å²) in [7, 11) is 0. The van der Waals surface area contributed by atoms with Gasteiger partial charge in [-0.3, -0.25) is 4.98 Å². The highest BCUT2D eigenvalue weighted by atomic mass is 19.4. The Labute approximate surface area is 128 Å². The van der Waals surface area contributed by atoms with E-state index < -0.39 is 11.7 Å². The number of hydrogen-bond donors (Lipinski definition) is 0. The number of fused-ring (bicyclic) bond motifs is 3. The first kappa shape index (κ1) is 13.7. The standard InChI is InChI=1S/C16H9F3N4/c17-16(18,19)12-8-21-23(9-12)13-6-5-11-4-3-10-2-1-7-20-14(10)15(11)22-13/h1-9H. The molecule has 0 fully saturated rings. The molecular formula is C16H9F3N4. The van der Waals surface area contributed by atoms with Crippen LogP contribution in [0.15, 0.2) is 55.0 Å². The highest BCUT2D eigenvalue weighted by Gasteiger charge is 2.32. The van der Waals surface area contributed by atoms with Crippen molar-refractivity contribution < 1.29 is 13.2 Å². The van der Waals surface area contributed by atoms with E-state index in [-0.39, 0.29) is 0 Å². The number of pyridine rings is 2. The van der Waals surface area contributed by atoms with Crippen molar-refractivity contribution in [3.8, 4) is 5.82 Å². The third kappa shape index (κ3) is 2.30. The Morgan fingerprint density at radius 1 is 0.913 bits per heavy atom. The summed E-state index contributed by atoms with van der Waals surface area (Å²) in [5.74, 6) is 0.311. The zero-order chi connectivity index (χ0) is 16.0. The molecule has 0 bridgehead atoms. The molecule has 3 heterocycles. The lowest BCUT2D eigenvalue weighted by Gasteiger charge is -2.05. The summed E-state index contributed by atoms with van der Waals surface area (Å²) in [6.45, 7) is 0. The van der Waals surface area contributed by atoms with E-state index in [4.69, 9.17) is 0 Å². The molecule has 0 amide bonds. The molecule has 23 heavy (non-hydrogen) atoms. The van der Waals surface area contributed by atoms with Gasteiger partial charge in [0, 0.05) is 23.2 Å². The van der Waals surface area contributed by atoms with E-state index in [1.807, 2.05) is 24.3 Å². The van der Waals surface area contributed by atoms with E-state index >= 15 is 0 Å². The molecule has 7 heteroatoms. The van der Waals surface area contributed by atoms with Gasteiger partial charge in [0.05, 0.1) is 22.8 Å². The molecule has 4 nitrogen and oxygen atoms in total. The number of benzene rings is 1. The number of alkyl halides is 3. The minimum atomic E-state index is -4.43. The van der Waals surface area contributed by atoms with Crippen LogP contribution in [0.5, 0.6) is 0 Å². The molecule has 0 aliphatic heterocycles. The summed E-state index contributed by atoms with van der Waals surface area (Å²) in [5.41, 5.74) is 0.523. The zero-order valence-electron chi connectivity index (χ0n) is 11.6. The van der Waals surface area contributed by atoms with E-state index in [1.54, 1.807) is 18.3 Å². The van der Waals surface area contributed by atoms with Crippen LogP contribution in [-0.4, -0.2) is 19.7 Å². The van der Waals surface area contributed by atoms with Crippen molar-refractivity contribution >= 4 is 21.8 Å². The molecule has 0 aliphatic carbocycles. The monoisotopic (exact) mass is 314 g/mol. The van der Waals surface area contributed by atoms with Crippen molar-refractivity contribution in [2.24, 2.45) is 0 Å². The minimum absolute atomic E-state index is 0.311. The summed E-state index contributed by atoms with van der Waals surface area (Å²) in [4.78, 5) is 8.76. The SMILES string of the molecule is FC(F)(F)c1cnn(-c2ccc3ccc4cccnc4c3n2)c1. The molecule has 0 atom stereocenters. The molecule has 0 spiro atoms. The van der Waals surface area contributed by atoms with Crippen LogP contribution in [0.4, 0.5) is 13.2 Å². The highest BCUT2D eigenvalue weighted by molar-refractivity contribution is 6.02. The molecule has 0 aliphatic rings. The summed E-state index contributed by atoms with van der Waals surface area (Å²) in [6, 6.07) is 11.0. The lowest BCUT2D eigenvalue weighted by molar-refractivity contribution is -0.137. The maximum Gasteiger partial charge on any atom is 0.419 e. The normalized spacial score (nSPS) is 12.1. The van der Waals surface area contributed by atoms with Crippen LogP contribution in [0.1, 0.15) is 5.56 Å². The quantitative estimate of drug-likeness (QED) is 0.499. The lowest BCUT2D eigenvalue weighted by Crippen LogP contribution is -2.03. The Balaban J connectivity index is 1.91. The molecule has 0 radical (unpaired) electrons. The van der Waals surface area contributed by atoms with E-state index in [0.29, 0.717) is 16.9 Å². The first-order valence-corrected chi connectivity index (χ1v) is 6.79. The smallest absolute Gasteiger partial charge is 0.254 e. The zero-order valence-corrected chi connectivity index (χ0v) is 11.6. The van der Waals surface area contributed by atoms with Gasteiger partial charge in [0.15, 0.2) is 5.82 Å². The highest BCUT2D eigenvalue weighted by Crippen LogP contribution is 2.29. The van der Waals surface area contributed by atoms with Gasteiger partial charge >= 0.3 is 6.18 Å². The fourth-order valence-corrected chi connectivity index (χ4v) is 2.44. The Morgan fingerprint density at radius 3 is 2.39 bits per heavy atom. The fourth-order valence-electron chi connectivity index (χ4n) is 2.44. The predicted octanol–water partition coefficient (Wildman–Crippen LogP) is 3.99. The van der Waals surface area contributed by atoms with Gasteiger partial charge in [-0.1, -0.05) is 18.2 Å². The third-order valence-electron chi connectivity index (χ3n) is 3.56. The molecule has 0 N–H and O–H groups in total. The first-order chi connectivity index (χ1) is 11.0. The molecule has 0 unspecified atom stereocenters. The first-order valence-electron chi connectivity index (χ1n) is 6.79. The second kappa shape index (κ2) is 4.77. The maximum absolute atomic E-state index is 12.7. The maximum atomic E-state index is 12.7. The van der Waals surface area contributed by atoms with Crippen molar-refractivity contribution in [3.05, 3.63) is 60.6 Å². The molecule has 0 saturated heterocycles. The van der Waals surface area contributed by atoms with Crippen LogP contribution < -0.4 is 0 Å². The average Bonchev–Trinajstić information content (AvgIpc) is 3.04. The van der Waals surface area contributed by atoms with Gasteiger partial charge in [-0.25, -0.2) is 9.67 Å². The molecule has 0 saturated carbocycles. The summed E-state index contributed by atoms with van der Waals surface area (Å²) < 4.78 is 39.2. The molecular weight excluding hydrogens is 305 g/mol. The van der Waals surface area contributed by atoms with Crippen molar-refractivity contribution in [2.75, 3.05) is 0 Å². The van der Waals surface area contributed by atoms with Crippen molar-refractivity contribution in [2.45, 2.75) is 6.18 Å². The van der Waals surface area contributed by atoms with E-state index in [1.165, 1.54) is 0 Å². The summed E-state index contributed by atoms with van der Waals surface area (Å²) in [5, 5.41) is 5.54. The third-order valence-corrected chi connectivity index (χ3v) is 3.56. The largest absolute Gasteiger partial charge is 0.419 e. The summed E-state index contributed by atoms with van der Waals surface area (Å²) in [6.07, 6.45) is -1.06. The van der Waals surface area contributed by atoms with Gasteiger partial charge in [0.25, 0.3) is 0 Å². The number of aromatic nitrogens is 4. The second-order valence-corrected chi connectivity index (χ2v) is 5.05. The van der Waals surface area contributed by atoms with E-state index in [0.717, 1.165) is 27.8 Å². The number of hydrogen-bond acceptors (Lipinski definition) is 3. The Bertz CT molecular complexity index is 1020. The van der Waals surface area contributed by atoms with Crippen LogP contribution in [0.25, 0.3) is 27.6 Å². The van der Waals surface area contributed by atoms with Crippen molar-refractivity contribution in [1.82, 2.24) is 19.7 Å². The number of halogens is 3. The number of rotatable bonds is 1. The molecule has 114 valence electrons. The van der Waals surface area contributed by atoms with Gasteiger partial charge in [0.1, 0.15) is 0 Å². The molecule has 3 aromatic heterocycles. The van der Waals surface area contributed by atoms with Crippen LogP contribution in [0, 0.1) is 0 Å². The Kier molecular flexibility index (Phi) is 2.84. The summed E-state index contributed by atoms with van der Waals surface area (Å²) >= 11 is 0. The van der Waals surface area contributed by atoms with Crippen LogP contribution in [-0.2, 0) is 6.18 Å². The Morgan fingerprint density at radius 2 is 1.65 bits per heavy atom. The fraction of sp³-hybridized carbons (Fsp3) is 0.0625. The number of nitrogens with zero attached hydrogens (tertiary/aromatic N) is 4. The average molecular weight is 314 g/mol. The molecule has 4 aromatic rings. The lowest BCUT2D eigenvalue weighted by atomic mass is 10.1. The van der Waals surface area contributed by atoms with E-state index in [9.17, 15) is 13.2 Å². The van der Waals surface area contributed by atoms with Gasteiger partial charge in [-0.15, -0.1) is 0 Å². The van der Waals surface area contributed by atoms with Crippen molar-refractivity contribution in [3.63, 3.8) is 0 Å². The van der Waals surface area contributed by atoms with Crippen molar-refractivity contribution in [1.29, 1.82) is 0 Å². The second-order valence-electron chi connectivity index (χ2n) is 5.05. The molecule has 1 aromatic carbocycles. The minimum Gasteiger partial charge on any atom is -0.254 e. The molecule has 4 rings (SSSR count). The van der Waals surface area contributed by atoms with Crippen LogP contribution in [0.2, 0.25) is 0 Å². The Hall–Kier alpha value is -2.96. The predicted molar refractivity (Wildman–Crippen MR) is 79.2 cm³/mol. The van der Waals surface area contributed by atoms with E-state index in [2.05, 4.69) is 15.1 Å². The van der Waals surface area contributed by atoms with Gasteiger partial charge < -0.3 is 0 Å².